The van der Waals surface area contributed by atoms with Gasteiger partial charge in [0.15, 0.2) is 0 Å². The van der Waals surface area contributed by atoms with Gasteiger partial charge in [0.2, 0.25) is 0 Å². The third-order valence-corrected chi connectivity index (χ3v) is 1.73. The van der Waals surface area contributed by atoms with Crippen molar-refractivity contribution in [3.8, 4) is 0 Å². The average molecular weight is 166 g/mol. The van der Waals surface area contributed by atoms with Crippen LogP contribution in [0.1, 0.15) is 13.3 Å². The maximum atomic E-state index is 8.90. The van der Waals surface area contributed by atoms with Gasteiger partial charge in [-0.15, -0.1) is 0 Å². The Morgan fingerprint density at radius 3 is 2.92 bits per heavy atom. The van der Waals surface area contributed by atoms with E-state index in [1.807, 2.05) is 25.1 Å². The van der Waals surface area contributed by atoms with Gasteiger partial charge in [-0.25, -0.2) is 4.98 Å². The lowest BCUT2D eigenvalue weighted by molar-refractivity contribution is 0.271. The highest BCUT2D eigenvalue weighted by Crippen LogP contribution is 2.03. The summed E-state index contributed by atoms with van der Waals surface area (Å²) in [6.45, 7) is 2.17. The molecule has 0 saturated carbocycles. The molecular formula is C9H14N2O. The van der Waals surface area contributed by atoms with E-state index >= 15 is 0 Å². The topological polar surface area (TPSA) is 45.1 Å². The summed E-state index contributed by atoms with van der Waals surface area (Å²) >= 11 is 0. The molecule has 0 unspecified atom stereocenters. The SMILES string of the molecule is CC[C@@H](CO)Nc1ccccn1. The Morgan fingerprint density at radius 2 is 2.42 bits per heavy atom. The van der Waals surface area contributed by atoms with Gasteiger partial charge in [-0.05, 0) is 18.6 Å². The van der Waals surface area contributed by atoms with E-state index in [1.165, 1.54) is 0 Å². The van der Waals surface area contributed by atoms with Crippen molar-refractivity contribution in [3.05, 3.63) is 24.4 Å². The van der Waals surface area contributed by atoms with Crippen molar-refractivity contribution >= 4 is 5.82 Å². The Kier molecular flexibility index (Phi) is 3.54. The van der Waals surface area contributed by atoms with Crippen LogP contribution in [0.2, 0.25) is 0 Å². The minimum atomic E-state index is 0.111. The van der Waals surface area contributed by atoms with Gasteiger partial charge < -0.3 is 10.4 Å². The zero-order valence-corrected chi connectivity index (χ0v) is 7.20. The van der Waals surface area contributed by atoms with Crippen molar-refractivity contribution in [3.63, 3.8) is 0 Å². The molecule has 1 rings (SSSR count). The molecule has 0 bridgehead atoms. The van der Waals surface area contributed by atoms with Crippen molar-refractivity contribution in [2.75, 3.05) is 11.9 Å². The number of hydrogen-bond acceptors (Lipinski definition) is 3. The van der Waals surface area contributed by atoms with Crippen LogP contribution in [0, 0.1) is 0 Å². The minimum absolute atomic E-state index is 0.111. The first-order valence-electron chi connectivity index (χ1n) is 4.15. The zero-order chi connectivity index (χ0) is 8.81. The van der Waals surface area contributed by atoms with Crippen molar-refractivity contribution in [1.29, 1.82) is 0 Å². The number of aliphatic hydroxyl groups excluding tert-OH is 1. The van der Waals surface area contributed by atoms with Crippen LogP contribution in [-0.4, -0.2) is 22.7 Å². The number of nitrogens with one attached hydrogen (secondary N) is 1. The summed E-state index contributed by atoms with van der Waals surface area (Å²) in [5, 5.41) is 12.0. The van der Waals surface area contributed by atoms with Crippen LogP contribution < -0.4 is 5.32 Å². The highest BCUT2D eigenvalue weighted by Gasteiger charge is 2.02. The molecule has 0 radical (unpaired) electrons. The predicted octanol–water partition coefficient (Wildman–Crippen LogP) is 1.26. The van der Waals surface area contributed by atoms with Crippen LogP contribution in [0.25, 0.3) is 0 Å². The van der Waals surface area contributed by atoms with E-state index in [0.29, 0.717) is 0 Å². The Bertz CT molecular complexity index is 209. The van der Waals surface area contributed by atoms with Crippen LogP contribution in [0.4, 0.5) is 5.82 Å². The Labute approximate surface area is 72.5 Å². The molecule has 12 heavy (non-hydrogen) atoms. The van der Waals surface area contributed by atoms with Gasteiger partial charge in [0, 0.05) is 6.20 Å². The lowest BCUT2D eigenvalue weighted by Gasteiger charge is -2.13. The molecule has 66 valence electrons. The Morgan fingerprint density at radius 1 is 1.58 bits per heavy atom. The van der Waals surface area contributed by atoms with Crippen molar-refractivity contribution in [2.24, 2.45) is 0 Å². The van der Waals surface area contributed by atoms with Gasteiger partial charge in [-0.2, -0.15) is 0 Å². The molecule has 0 fully saturated rings. The van der Waals surface area contributed by atoms with E-state index in [4.69, 9.17) is 5.11 Å². The molecule has 3 nitrogen and oxygen atoms in total. The van der Waals surface area contributed by atoms with Crippen LogP contribution in [0.3, 0.4) is 0 Å². The first-order valence-corrected chi connectivity index (χ1v) is 4.15. The molecule has 2 N–H and O–H groups in total. The van der Waals surface area contributed by atoms with E-state index in [0.717, 1.165) is 12.2 Å². The summed E-state index contributed by atoms with van der Waals surface area (Å²) in [5.41, 5.74) is 0. The summed E-state index contributed by atoms with van der Waals surface area (Å²) < 4.78 is 0. The van der Waals surface area contributed by atoms with Gasteiger partial charge in [0.05, 0.1) is 12.6 Å². The summed E-state index contributed by atoms with van der Waals surface area (Å²) in [5.74, 6) is 0.818. The fraction of sp³-hybridized carbons (Fsp3) is 0.444. The van der Waals surface area contributed by atoms with Crippen LogP contribution in [0.5, 0.6) is 0 Å². The van der Waals surface area contributed by atoms with Gasteiger partial charge >= 0.3 is 0 Å². The minimum Gasteiger partial charge on any atom is -0.394 e. The second-order valence-electron chi connectivity index (χ2n) is 2.65. The number of nitrogens with zero attached hydrogens (tertiary/aromatic N) is 1. The standard InChI is InChI=1S/C9H14N2O/c1-2-8(7-12)11-9-5-3-4-6-10-9/h3-6,8,12H,2,7H2,1H3,(H,10,11)/t8-/m0/s1. The third kappa shape index (κ3) is 2.51. The van der Waals surface area contributed by atoms with E-state index in [2.05, 4.69) is 10.3 Å². The normalized spacial score (nSPS) is 12.5. The second kappa shape index (κ2) is 4.72. The number of anilines is 1. The van der Waals surface area contributed by atoms with Crippen molar-refractivity contribution < 1.29 is 5.11 Å². The smallest absolute Gasteiger partial charge is 0.126 e. The van der Waals surface area contributed by atoms with Crippen molar-refractivity contribution in [1.82, 2.24) is 4.98 Å². The molecule has 0 spiro atoms. The van der Waals surface area contributed by atoms with Crippen molar-refractivity contribution in [2.45, 2.75) is 19.4 Å². The van der Waals surface area contributed by atoms with E-state index in [-0.39, 0.29) is 12.6 Å². The quantitative estimate of drug-likeness (QED) is 0.708. The fourth-order valence-electron chi connectivity index (χ4n) is 0.934. The molecule has 0 saturated heterocycles. The molecule has 0 aromatic carbocycles. The molecule has 0 aliphatic rings. The highest BCUT2D eigenvalue weighted by molar-refractivity contribution is 5.34. The van der Waals surface area contributed by atoms with Gasteiger partial charge in [0.1, 0.15) is 5.82 Å². The summed E-state index contributed by atoms with van der Waals surface area (Å²) in [7, 11) is 0. The van der Waals surface area contributed by atoms with E-state index < -0.39 is 0 Å². The molecule has 1 atom stereocenters. The molecule has 1 heterocycles. The summed E-state index contributed by atoms with van der Waals surface area (Å²) in [4.78, 5) is 4.09. The zero-order valence-electron chi connectivity index (χ0n) is 7.20. The van der Waals surface area contributed by atoms with Crippen LogP contribution in [0.15, 0.2) is 24.4 Å². The maximum Gasteiger partial charge on any atom is 0.126 e. The lowest BCUT2D eigenvalue weighted by atomic mass is 10.2. The summed E-state index contributed by atoms with van der Waals surface area (Å²) in [6, 6.07) is 5.78. The number of rotatable bonds is 4. The third-order valence-electron chi connectivity index (χ3n) is 1.73. The second-order valence-corrected chi connectivity index (χ2v) is 2.65. The molecule has 0 amide bonds. The van der Waals surface area contributed by atoms with Gasteiger partial charge in [-0.1, -0.05) is 13.0 Å². The molecule has 1 aromatic rings. The van der Waals surface area contributed by atoms with E-state index in [1.54, 1.807) is 6.20 Å². The average Bonchev–Trinajstić information content (AvgIpc) is 2.16. The Balaban J connectivity index is 2.51. The number of hydrogen-bond donors (Lipinski definition) is 2. The first-order chi connectivity index (χ1) is 5.86. The molecule has 1 aromatic heterocycles. The molecule has 0 aliphatic carbocycles. The maximum absolute atomic E-state index is 8.90. The number of pyridine rings is 1. The first kappa shape index (κ1) is 9.00. The number of aliphatic hydroxyl groups is 1. The Hall–Kier alpha value is -1.09. The van der Waals surface area contributed by atoms with E-state index in [9.17, 15) is 0 Å². The monoisotopic (exact) mass is 166 g/mol. The summed E-state index contributed by atoms with van der Waals surface area (Å²) in [6.07, 6.45) is 2.62. The largest absolute Gasteiger partial charge is 0.394 e. The lowest BCUT2D eigenvalue weighted by Crippen LogP contribution is -2.22. The molecule has 0 aliphatic heterocycles. The molecular weight excluding hydrogens is 152 g/mol. The highest BCUT2D eigenvalue weighted by atomic mass is 16.3. The van der Waals surface area contributed by atoms with Gasteiger partial charge in [0.25, 0.3) is 0 Å². The van der Waals surface area contributed by atoms with Crippen LogP contribution >= 0.6 is 0 Å². The van der Waals surface area contributed by atoms with Gasteiger partial charge in [-0.3, -0.25) is 0 Å². The number of aromatic nitrogens is 1. The van der Waals surface area contributed by atoms with Crippen LogP contribution in [-0.2, 0) is 0 Å². The predicted molar refractivity (Wildman–Crippen MR) is 49.0 cm³/mol. The fourth-order valence-corrected chi connectivity index (χ4v) is 0.934. The molecule has 3 heteroatoms.